The van der Waals surface area contributed by atoms with Crippen LogP contribution in [0.4, 0.5) is 13.2 Å². The molecule has 0 aliphatic rings. The lowest BCUT2D eigenvalue weighted by atomic mass is 10.1. The van der Waals surface area contributed by atoms with E-state index >= 15 is 0 Å². The van der Waals surface area contributed by atoms with Crippen LogP contribution in [0.2, 0.25) is 0 Å². The van der Waals surface area contributed by atoms with E-state index in [-0.39, 0.29) is 23.9 Å². The summed E-state index contributed by atoms with van der Waals surface area (Å²) in [5, 5.41) is 4.11. The van der Waals surface area contributed by atoms with Crippen molar-refractivity contribution in [1.82, 2.24) is 25.6 Å². The van der Waals surface area contributed by atoms with E-state index in [1.165, 1.54) is 16.9 Å². The largest absolute Gasteiger partial charge is 0.484 e. The maximum atomic E-state index is 12.8. The molecule has 2 amide bonds. The quantitative estimate of drug-likeness (QED) is 0.528. The minimum atomic E-state index is -4.51. The molecule has 0 unspecified atom stereocenters. The molecule has 0 atom stereocenters. The molecule has 0 aliphatic carbocycles. The fourth-order valence-corrected chi connectivity index (χ4v) is 3.13. The zero-order valence-electron chi connectivity index (χ0n) is 19.0. The van der Waals surface area contributed by atoms with Gasteiger partial charge in [0, 0.05) is 6.20 Å². The van der Waals surface area contributed by atoms with Gasteiger partial charge in [0.1, 0.15) is 5.75 Å². The monoisotopic (exact) mass is 475 g/mol. The van der Waals surface area contributed by atoms with Gasteiger partial charge in [-0.15, -0.1) is 0 Å². The van der Waals surface area contributed by atoms with Gasteiger partial charge in [-0.1, -0.05) is 19.9 Å². The Balaban J connectivity index is 1.67. The van der Waals surface area contributed by atoms with Crippen LogP contribution in [0.25, 0.3) is 5.82 Å². The van der Waals surface area contributed by atoms with E-state index in [9.17, 15) is 22.8 Å². The summed E-state index contributed by atoms with van der Waals surface area (Å²) in [5.41, 5.74) is 6.37. The maximum absolute atomic E-state index is 12.8. The van der Waals surface area contributed by atoms with Crippen molar-refractivity contribution in [2.75, 3.05) is 6.61 Å². The summed E-state index contributed by atoms with van der Waals surface area (Å²) in [6.07, 6.45) is -2.54. The number of hydrogen-bond acceptors (Lipinski definition) is 5. The standard InChI is InChI=1S/C23H24F3N5O3/c1-13(2)21-18(11-28-31(21)19-8-6-16(10-27-19)23(24,25)26)22(33)30-29-20(32)12-34-17-7-5-14(3)15(4)9-17/h5-11,13H,12H2,1-4H3,(H,29,32)(H,30,33). The maximum Gasteiger partial charge on any atom is 0.417 e. The van der Waals surface area contributed by atoms with Crippen molar-refractivity contribution in [2.24, 2.45) is 0 Å². The van der Waals surface area contributed by atoms with Gasteiger partial charge >= 0.3 is 6.18 Å². The van der Waals surface area contributed by atoms with Crippen molar-refractivity contribution in [3.63, 3.8) is 0 Å². The second-order valence-electron chi connectivity index (χ2n) is 7.95. The molecule has 0 saturated carbocycles. The van der Waals surface area contributed by atoms with Gasteiger partial charge in [0.25, 0.3) is 11.8 Å². The number of nitrogens with zero attached hydrogens (tertiary/aromatic N) is 3. The molecule has 2 heterocycles. The summed E-state index contributed by atoms with van der Waals surface area (Å²) in [5.74, 6) is -0.786. The average molecular weight is 475 g/mol. The summed E-state index contributed by atoms with van der Waals surface area (Å²) >= 11 is 0. The third-order valence-corrected chi connectivity index (χ3v) is 5.05. The second-order valence-corrected chi connectivity index (χ2v) is 7.95. The third-order valence-electron chi connectivity index (χ3n) is 5.05. The third kappa shape index (κ3) is 5.72. The van der Waals surface area contributed by atoms with Crippen LogP contribution in [0.1, 0.15) is 52.5 Å². The molecular formula is C23H24F3N5O3. The lowest BCUT2D eigenvalue weighted by molar-refractivity contribution is -0.137. The molecule has 0 fully saturated rings. The summed E-state index contributed by atoms with van der Waals surface area (Å²) in [6, 6.07) is 7.49. The highest BCUT2D eigenvalue weighted by molar-refractivity contribution is 5.96. The molecule has 0 spiro atoms. The summed E-state index contributed by atoms with van der Waals surface area (Å²) < 4.78 is 45.2. The minimum absolute atomic E-state index is 0.126. The van der Waals surface area contributed by atoms with Crippen LogP contribution in [-0.4, -0.2) is 33.2 Å². The number of hydrazine groups is 1. The molecule has 3 rings (SSSR count). The van der Waals surface area contributed by atoms with E-state index in [1.807, 2.05) is 19.9 Å². The van der Waals surface area contributed by atoms with Crippen molar-refractivity contribution in [3.8, 4) is 11.6 Å². The number of halogens is 3. The Morgan fingerprint density at radius 3 is 2.38 bits per heavy atom. The Labute approximate surface area is 194 Å². The topological polar surface area (TPSA) is 98.1 Å². The summed E-state index contributed by atoms with van der Waals surface area (Å²) in [6.45, 7) is 7.17. The first-order valence-corrected chi connectivity index (χ1v) is 10.4. The highest BCUT2D eigenvalue weighted by Gasteiger charge is 2.31. The molecule has 2 N–H and O–H groups in total. The Kier molecular flexibility index (Phi) is 7.23. The van der Waals surface area contributed by atoms with Crippen LogP contribution in [-0.2, 0) is 11.0 Å². The van der Waals surface area contributed by atoms with Crippen LogP contribution in [0.3, 0.4) is 0 Å². The number of carbonyl (C=O) groups excluding carboxylic acids is 2. The van der Waals surface area contributed by atoms with Crippen molar-refractivity contribution < 1.29 is 27.5 Å². The zero-order valence-corrected chi connectivity index (χ0v) is 19.0. The van der Waals surface area contributed by atoms with Crippen molar-refractivity contribution in [1.29, 1.82) is 0 Å². The van der Waals surface area contributed by atoms with Crippen LogP contribution < -0.4 is 15.6 Å². The first-order valence-electron chi connectivity index (χ1n) is 10.4. The molecule has 0 aliphatic heterocycles. The van der Waals surface area contributed by atoms with Gasteiger partial charge in [0.15, 0.2) is 12.4 Å². The Bertz CT molecular complexity index is 1190. The number of hydrogen-bond donors (Lipinski definition) is 2. The van der Waals surface area contributed by atoms with Crippen LogP contribution >= 0.6 is 0 Å². The lowest BCUT2D eigenvalue weighted by Crippen LogP contribution is -2.44. The number of nitrogens with one attached hydrogen (secondary N) is 2. The van der Waals surface area contributed by atoms with E-state index in [1.54, 1.807) is 26.0 Å². The summed E-state index contributed by atoms with van der Waals surface area (Å²) in [7, 11) is 0. The fraction of sp³-hybridized carbons (Fsp3) is 0.304. The number of amides is 2. The molecular weight excluding hydrogens is 451 g/mol. The van der Waals surface area contributed by atoms with Gasteiger partial charge in [-0.2, -0.15) is 18.3 Å². The second kappa shape index (κ2) is 9.94. The SMILES string of the molecule is Cc1ccc(OCC(=O)NNC(=O)c2cnn(-c3ccc(C(F)(F)F)cn3)c2C(C)C)cc1C. The van der Waals surface area contributed by atoms with Gasteiger partial charge in [-0.25, -0.2) is 9.67 Å². The normalized spacial score (nSPS) is 11.4. The molecule has 8 nitrogen and oxygen atoms in total. The number of pyridine rings is 1. The van der Waals surface area contributed by atoms with Crippen LogP contribution in [0.15, 0.2) is 42.7 Å². The highest BCUT2D eigenvalue weighted by atomic mass is 19.4. The minimum Gasteiger partial charge on any atom is -0.484 e. The molecule has 11 heteroatoms. The van der Waals surface area contributed by atoms with Gasteiger partial charge in [-0.3, -0.25) is 20.4 Å². The number of carbonyl (C=O) groups is 2. The molecule has 0 bridgehead atoms. The molecule has 0 radical (unpaired) electrons. The van der Waals surface area contributed by atoms with Crippen LogP contribution in [0.5, 0.6) is 5.75 Å². The number of benzene rings is 1. The van der Waals surface area contributed by atoms with Crippen molar-refractivity contribution >= 4 is 11.8 Å². The molecule has 1 aromatic carbocycles. The number of rotatable bonds is 6. The van der Waals surface area contributed by atoms with Crippen molar-refractivity contribution in [2.45, 2.75) is 39.8 Å². The van der Waals surface area contributed by atoms with Gasteiger partial charge in [0.2, 0.25) is 0 Å². The van der Waals surface area contributed by atoms with Gasteiger partial charge in [0.05, 0.1) is 23.0 Å². The number of ether oxygens (including phenoxy) is 1. The average Bonchev–Trinajstić information content (AvgIpc) is 3.23. The lowest BCUT2D eigenvalue weighted by Gasteiger charge is -2.13. The van der Waals surface area contributed by atoms with E-state index in [4.69, 9.17) is 4.74 Å². The van der Waals surface area contributed by atoms with Crippen LogP contribution in [0, 0.1) is 13.8 Å². The number of alkyl halides is 3. The van der Waals surface area contributed by atoms with Gasteiger partial charge < -0.3 is 4.74 Å². The first kappa shape index (κ1) is 24.7. The van der Waals surface area contributed by atoms with E-state index in [2.05, 4.69) is 20.9 Å². The molecule has 3 aromatic rings. The molecule has 2 aromatic heterocycles. The number of aryl methyl sites for hydroxylation is 2. The Hall–Kier alpha value is -3.89. The predicted molar refractivity (Wildman–Crippen MR) is 117 cm³/mol. The Morgan fingerprint density at radius 1 is 1.06 bits per heavy atom. The van der Waals surface area contributed by atoms with Gasteiger partial charge in [-0.05, 0) is 55.2 Å². The fourth-order valence-electron chi connectivity index (χ4n) is 3.13. The van der Waals surface area contributed by atoms with E-state index in [0.29, 0.717) is 17.6 Å². The first-order chi connectivity index (χ1) is 16.0. The Morgan fingerprint density at radius 2 is 1.79 bits per heavy atom. The number of aromatic nitrogens is 3. The predicted octanol–water partition coefficient (Wildman–Crippen LogP) is 3.87. The highest BCUT2D eigenvalue weighted by Crippen LogP contribution is 2.29. The van der Waals surface area contributed by atoms with E-state index < -0.39 is 23.6 Å². The van der Waals surface area contributed by atoms with Crippen molar-refractivity contribution in [3.05, 3.63) is 70.7 Å². The zero-order chi connectivity index (χ0) is 25.0. The summed E-state index contributed by atoms with van der Waals surface area (Å²) in [4.78, 5) is 28.6. The van der Waals surface area contributed by atoms with E-state index in [0.717, 1.165) is 17.2 Å². The molecule has 180 valence electrons. The smallest absolute Gasteiger partial charge is 0.417 e. The molecule has 0 saturated heterocycles. The molecule has 34 heavy (non-hydrogen) atoms.